The van der Waals surface area contributed by atoms with Crippen LogP contribution >= 0.6 is 0 Å². The summed E-state index contributed by atoms with van der Waals surface area (Å²) >= 11 is 0. The second kappa shape index (κ2) is 11.4. The predicted octanol–water partition coefficient (Wildman–Crippen LogP) is 6.43. The van der Waals surface area contributed by atoms with Crippen LogP contribution in [-0.4, -0.2) is 25.8 Å². The molecule has 1 amide bonds. The minimum absolute atomic E-state index is 0.0217. The average molecular weight is 544 g/mol. The molecule has 0 saturated carbocycles. The number of nitrogens with one attached hydrogen (secondary N) is 1. The van der Waals surface area contributed by atoms with Gasteiger partial charge >= 0.3 is 6.18 Å². The van der Waals surface area contributed by atoms with E-state index < -0.39 is 22.5 Å². The summed E-state index contributed by atoms with van der Waals surface area (Å²) in [5, 5.41) is 2.93. The van der Waals surface area contributed by atoms with E-state index in [1.165, 1.54) is 12.1 Å². The number of nitrogens with zero attached hydrogens (tertiary/aromatic N) is 2. The van der Waals surface area contributed by atoms with Gasteiger partial charge in [-0.3, -0.25) is 18.9 Å². The van der Waals surface area contributed by atoms with Gasteiger partial charge in [0.25, 0.3) is 5.91 Å². The van der Waals surface area contributed by atoms with E-state index in [2.05, 4.69) is 29.0 Å². The molecule has 1 aliphatic rings. The van der Waals surface area contributed by atoms with E-state index in [1.807, 2.05) is 44.2 Å². The van der Waals surface area contributed by atoms with E-state index >= 15 is 0 Å². The monoisotopic (exact) mass is 543 g/mol. The van der Waals surface area contributed by atoms with Crippen molar-refractivity contribution in [3.63, 3.8) is 0 Å². The molecule has 2 heterocycles. The number of alkyl halides is 3. The first-order valence-electron chi connectivity index (χ1n) is 12.7. The Hall–Kier alpha value is -3.04. The molecule has 1 aliphatic heterocycles. The van der Waals surface area contributed by atoms with Crippen molar-refractivity contribution in [2.24, 2.45) is 5.92 Å². The van der Waals surface area contributed by atoms with Gasteiger partial charge in [0.05, 0.1) is 33.7 Å². The molecule has 202 valence electrons. The summed E-state index contributed by atoms with van der Waals surface area (Å²) in [5.41, 5.74) is 3.34. The summed E-state index contributed by atoms with van der Waals surface area (Å²) < 4.78 is 50.9. The highest BCUT2D eigenvalue weighted by Crippen LogP contribution is 2.45. The molecule has 0 aliphatic carbocycles. The zero-order valence-corrected chi connectivity index (χ0v) is 22.7. The van der Waals surface area contributed by atoms with Gasteiger partial charge in [-0.05, 0) is 59.9 Å². The number of rotatable bonds is 8. The molecule has 0 saturated heterocycles. The molecular weight excluding hydrogens is 511 g/mol. The highest BCUT2D eigenvalue weighted by molar-refractivity contribution is 7.85. The summed E-state index contributed by atoms with van der Waals surface area (Å²) in [5.74, 6) is 0.528. The quantitative estimate of drug-likeness (QED) is 0.356. The number of halogens is 3. The third kappa shape index (κ3) is 5.99. The van der Waals surface area contributed by atoms with Gasteiger partial charge in [-0.15, -0.1) is 0 Å². The Labute approximate surface area is 223 Å². The standard InChI is InChI=1S/C29H32F3N3O2S/c1-5-38(37)24-12-8-20(9-13-24)15-34-28(36)22-14-25-19(4)35(27(18(2)3)26(25)33-16-22)17-21-6-10-23(11-7-21)29(30,31)32/h6-14,16,18-19,27H,5,15,17H2,1-4H3,(H,34,36)/t19-,27+,38?/m1/s1. The third-order valence-corrected chi connectivity index (χ3v) is 8.30. The van der Waals surface area contributed by atoms with Crippen LogP contribution in [0.2, 0.25) is 0 Å². The zero-order chi connectivity index (χ0) is 27.6. The lowest BCUT2D eigenvalue weighted by molar-refractivity contribution is -0.137. The number of aromatic nitrogens is 1. The molecule has 1 aromatic heterocycles. The molecule has 3 aromatic rings. The maximum atomic E-state index is 13.0. The van der Waals surface area contributed by atoms with Crippen LogP contribution in [0.15, 0.2) is 65.7 Å². The third-order valence-electron chi connectivity index (χ3n) is 6.98. The SMILES string of the molecule is CCS(=O)c1ccc(CNC(=O)c2cnc3c(c2)[C@@H](C)N(Cc2ccc(C(F)(F)F)cc2)[C@H]3C(C)C)cc1. The molecule has 5 nitrogen and oxygen atoms in total. The van der Waals surface area contributed by atoms with Crippen molar-refractivity contribution in [1.29, 1.82) is 0 Å². The second-order valence-electron chi connectivity index (χ2n) is 9.89. The van der Waals surface area contributed by atoms with Crippen LogP contribution < -0.4 is 5.32 Å². The van der Waals surface area contributed by atoms with Crippen LogP contribution in [0, 0.1) is 5.92 Å². The van der Waals surface area contributed by atoms with Gasteiger partial charge < -0.3 is 5.32 Å². The lowest BCUT2D eigenvalue weighted by Gasteiger charge is -2.31. The molecular formula is C29H32F3N3O2S. The number of benzene rings is 2. The summed E-state index contributed by atoms with van der Waals surface area (Å²) in [6.45, 7) is 8.90. The van der Waals surface area contributed by atoms with E-state index in [-0.39, 0.29) is 23.9 Å². The molecule has 1 unspecified atom stereocenters. The number of pyridine rings is 1. The largest absolute Gasteiger partial charge is 0.416 e. The molecule has 38 heavy (non-hydrogen) atoms. The van der Waals surface area contributed by atoms with Gasteiger partial charge in [0, 0.05) is 36.0 Å². The Morgan fingerprint density at radius 1 is 1.08 bits per heavy atom. The number of carbonyl (C=O) groups is 1. The average Bonchev–Trinajstić information content (AvgIpc) is 3.17. The van der Waals surface area contributed by atoms with Crippen molar-refractivity contribution >= 4 is 16.7 Å². The van der Waals surface area contributed by atoms with Crippen LogP contribution in [-0.2, 0) is 30.1 Å². The zero-order valence-electron chi connectivity index (χ0n) is 21.9. The second-order valence-corrected chi connectivity index (χ2v) is 11.6. The van der Waals surface area contributed by atoms with Gasteiger partial charge in [0.2, 0.25) is 0 Å². The number of fused-ring (bicyclic) bond motifs is 1. The lowest BCUT2D eigenvalue weighted by Crippen LogP contribution is -2.28. The summed E-state index contributed by atoms with van der Waals surface area (Å²) in [4.78, 5) is 20.6. The Morgan fingerprint density at radius 2 is 1.71 bits per heavy atom. The predicted molar refractivity (Wildman–Crippen MR) is 142 cm³/mol. The van der Waals surface area contributed by atoms with Crippen LogP contribution in [0.3, 0.4) is 0 Å². The molecule has 0 bridgehead atoms. The van der Waals surface area contributed by atoms with Gasteiger partial charge in [-0.1, -0.05) is 45.0 Å². The first kappa shape index (κ1) is 28.0. The molecule has 0 radical (unpaired) electrons. The highest BCUT2D eigenvalue weighted by atomic mass is 32.2. The maximum absolute atomic E-state index is 13.0. The van der Waals surface area contributed by atoms with Crippen molar-refractivity contribution in [3.8, 4) is 0 Å². The normalized spacial score (nSPS) is 18.4. The minimum Gasteiger partial charge on any atom is -0.348 e. The molecule has 3 atom stereocenters. The van der Waals surface area contributed by atoms with Crippen molar-refractivity contribution in [1.82, 2.24) is 15.2 Å². The molecule has 9 heteroatoms. The van der Waals surface area contributed by atoms with Crippen molar-refractivity contribution < 1.29 is 22.2 Å². The van der Waals surface area contributed by atoms with Crippen molar-refractivity contribution in [3.05, 3.63) is 94.3 Å². The Bertz CT molecular complexity index is 1310. The number of hydrogen-bond acceptors (Lipinski definition) is 4. The Kier molecular flexibility index (Phi) is 8.37. The fourth-order valence-electron chi connectivity index (χ4n) is 4.93. The number of carbonyl (C=O) groups excluding carboxylic acids is 1. The molecule has 4 rings (SSSR count). The van der Waals surface area contributed by atoms with E-state index in [0.717, 1.165) is 39.4 Å². The molecule has 0 fully saturated rings. The minimum atomic E-state index is -4.37. The van der Waals surface area contributed by atoms with Crippen molar-refractivity contribution in [2.45, 2.75) is 63.9 Å². The molecule has 2 aromatic carbocycles. The van der Waals surface area contributed by atoms with Crippen LogP contribution in [0.1, 0.15) is 78.1 Å². The molecule has 1 N–H and O–H groups in total. The van der Waals surface area contributed by atoms with E-state index in [1.54, 1.807) is 6.20 Å². The first-order valence-corrected chi connectivity index (χ1v) is 14.0. The number of amides is 1. The molecule has 0 spiro atoms. The maximum Gasteiger partial charge on any atom is 0.416 e. The summed E-state index contributed by atoms with van der Waals surface area (Å²) in [6.07, 6.45) is -2.78. The highest BCUT2D eigenvalue weighted by Gasteiger charge is 2.39. The van der Waals surface area contributed by atoms with Crippen LogP contribution in [0.25, 0.3) is 0 Å². The van der Waals surface area contributed by atoms with Gasteiger partial charge in [-0.2, -0.15) is 13.2 Å². The number of hydrogen-bond donors (Lipinski definition) is 1. The van der Waals surface area contributed by atoms with E-state index in [9.17, 15) is 22.2 Å². The van der Waals surface area contributed by atoms with Crippen molar-refractivity contribution in [2.75, 3.05) is 5.75 Å². The van der Waals surface area contributed by atoms with Crippen LogP contribution in [0.5, 0.6) is 0 Å². The Balaban J connectivity index is 1.48. The van der Waals surface area contributed by atoms with Gasteiger partial charge in [-0.25, -0.2) is 0 Å². The summed E-state index contributed by atoms with van der Waals surface area (Å²) in [6, 6.07) is 14.4. The smallest absolute Gasteiger partial charge is 0.348 e. The van der Waals surface area contributed by atoms with Gasteiger partial charge in [0.15, 0.2) is 0 Å². The van der Waals surface area contributed by atoms with E-state index in [0.29, 0.717) is 24.4 Å². The lowest BCUT2D eigenvalue weighted by atomic mass is 9.99. The van der Waals surface area contributed by atoms with E-state index in [4.69, 9.17) is 0 Å². The fraction of sp³-hybridized carbons (Fsp3) is 0.379. The first-order chi connectivity index (χ1) is 18.0. The topological polar surface area (TPSA) is 62.3 Å². The van der Waals surface area contributed by atoms with Gasteiger partial charge in [0.1, 0.15) is 0 Å². The fourth-order valence-corrected chi connectivity index (χ4v) is 5.70. The summed E-state index contributed by atoms with van der Waals surface area (Å²) in [7, 11) is -1.02. The van der Waals surface area contributed by atoms with Crippen LogP contribution in [0.4, 0.5) is 13.2 Å². The Morgan fingerprint density at radius 3 is 2.29 bits per heavy atom.